The third kappa shape index (κ3) is 2.67. The number of benzene rings is 2. The molecule has 2 aromatic carbocycles. The maximum absolute atomic E-state index is 5.36. The molecule has 0 amide bonds. The monoisotopic (exact) mass is 345 g/mol. The van der Waals surface area contributed by atoms with Crippen LogP contribution >= 0.6 is 0 Å². The summed E-state index contributed by atoms with van der Waals surface area (Å²) in [4.78, 5) is 4.63. The van der Waals surface area contributed by atoms with Crippen molar-refractivity contribution in [1.82, 2.24) is 15.2 Å². The second-order valence-corrected chi connectivity index (χ2v) is 6.07. The second-order valence-electron chi connectivity index (χ2n) is 6.07. The van der Waals surface area contributed by atoms with Crippen LogP contribution in [0.15, 0.2) is 54.7 Å². The molecule has 0 spiro atoms. The van der Waals surface area contributed by atoms with Crippen molar-refractivity contribution in [2.24, 2.45) is 0 Å². The summed E-state index contributed by atoms with van der Waals surface area (Å²) in [5, 5.41) is 8.70. The zero-order chi connectivity index (χ0) is 18.1. The molecule has 0 saturated heterocycles. The number of nitrogens with one attached hydrogen (secondary N) is 1. The fraction of sp³-hybridized carbons (Fsp3) is 0.143. The van der Waals surface area contributed by atoms with Crippen LogP contribution in [0, 0.1) is 6.92 Å². The minimum Gasteiger partial charge on any atom is -0.497 e. The van der Waals surface area contributed by atoms with Crippen LogP contribution in [0.4, 0.5) is 0 Å². The van der Waals surface area contributed by atoms with Gasteiger partial charge in [-0.2, -0.15) is 5.10 Å². The van der Waals surface area contributed by atoms with E-state index in [1.807, 2.05) is 48.5 Å². The van der Waals surface area contributed by atoms with E-state index in [1.54, 1.807) is 20.4 Å². The lowest BCUT2D eigenvalue weighted by atomic mass is 9.99. The molecule has 0 radical (unpaired) electrons. The molecule has 0 fully saturated rings. The summed E-state index contributed by atoms with van der Waals surface area (Å²) in [7, 11) is 3.33. The maximum atomic E-state index is 5.36. The lowest BCUT2D eigenvalue weighted by Crippen LogP contribution is -1.91. The van der Waals surface area contributed by atoms with Gasteiger partial charge in [-0.05, 0) is 48.9 Å². The van der Waals surface area contributed by atoms with Crippen LogP contribution in [0.1, 0.15) is 5.56 Å². The Labute approximate surface area is 151 Å². The smallest absolute Gasteiger partial charge is 0.119 e. The quantitative estimate of drug-likeness (QED) is 0.586. The summed E-state index contributed by atoms with van der Waals surface area (Å²) in [6.07, 6.45) is 1.79. The van der Waals surface area contributed by atoms with E-state index in [0.29, 0.717) is 0 Å². The summed E-state index contributed by atoms with van der Waals surface area (Å²) in [5.41, 5.74) is 5.84. The van der Waals surface area contributed by atoms with Crippen LogP contribution in [-0.2, 0) is 0 Å². The minimum atomic E-state index is 0.798. The zero-order valence-electron chi connectivity index (χ0n) is 14.9. The maximum Gasteiger partial charge on any atom is 0.119 e. The van der Waals surface area contributed by atoms with Crippen molar-refractivity contribution in [2.75, 3.05) is 14.2 Å². The molecule has 0 atom stereocenters. The molecule has 4 rings (SSSR count). The van der Waals surface area contributed by atoms with Crippen molar-refractivity contribution < 1.29 is 9.47 Å². The van der Waals surface area contributed by atoms with Gasteiger partial charge in [0.1, 0.15) is 17.2 Å². The van der Waals surface area contributed by atoms with E-state index in [2.05, 4.69) is 22.1 Å². The van der Waals surface area contributed by atoms with E-state index in [9.17, 15) is 0 Å². The molecule has 2 heterocycles. The highest BCUT2D eigenvalue weighted by atomic mass is 16.5. The summed E-state index contributed by atoms with van der Waals surface area (Å²) in [6, 6.07) is 15.8. The van der Waals surface area contributed by atoms with E-state index in [4.69, 9.17) is 9.47 Å². The molecule has 2 aromatic heterocycles. The topological polar surface area (TPSA) is 60.0 Å². The first-order valence-corrected chi connectivity index (χ1v) is 8.34. The number of aromatic nitrogens is 3. The lowest BCUT2D eigenvalue weighted by Gasteiger charge is -2.09. The zero-order valence-corrected chi connectivity index (χ0v) is 14.9. The van der Waals surface area contributed by atoms with Gasteiger partial charge in [-0.1, -0.05) is 12.1 Å². The molecule has 0 aliphatic heterocycles. The van der Waals surface area contributed by atoms with Gasteiger partial charge in [-0.25, -0.2) is 0 Å². The molecule has 26 heavy (non-hydrogen) atoms. The third-order valence-electron chi connectivity index (χ3n) is 4.51. The van der Waals surface area contributed by atoms with E-state index < -0.39 is 0 Å². The molecule has 5 nitrogen and oxygen atoms in total. The number of hydrogen-bond acceptors (Lipinski definition) is 4. The number of aromatic amines is 1. The van der Waals surface area contributed by atoms with Crippen LogP contribution in [0.25, 0.3) is 33.4 Å². The number of ether oxygens (including phenoxy) is 2. The molecule has 5 heteroatoms. The Morgan fingerprint density at radius 3 is 2.46 bits per heavy atom. The Kier molecular flexibility index (Phi) is 4.05. The number of hydrogen-bond donors (Lipinski definition) is 1. The molecule has 0 saturated carbocycles. The van der Waals surface area contributed by atoms with Gasteiger partial charge in [0.2, 0.25) is 0 Å². The van der Waals surface area contributed by atoms with Gasteiger partial charge in [0.25, 0.3) is 0 Å². The standard InChI is InChI=1S/C21H19N3O2/c1-13-11-16(26-3)7-8-17(13)21-19-18(23-24-21)9-10-22-20(19)14-5-4-6-15(12-14)25-2/h4-12H,1-3H3,(H,23,24). The average Bonchev–Trinajstić information content (AvgIpc) is 3.12. The molecular formula is C21H19N3O2. The van der Waals surface area contributed by atoms with E-state index in [1.165, 1.54) is 0 Å². The van der Waals surface area contributed by atoms with Gasteiger partial charge in [0.05, 0.1) is 30.8 Å². The lowest BCUT2D eigenvalue weighted by molar-refractivity contribution is 0.414. The SMILES string of the molecule is COc1cccc(-c2nccc3[nH]nc(-c4ccc(OC)cc4C)c23)c1. The molecule has 0 bridgehead atoms. The Morgan fingerprint density at radius 1 is 0.885 bits per heavy atom. The first-order valence-electron chi connectivity index (χ1n) is 8.34. The van der Waals surface area contributed by atoms with Gasteiger partial charge in [-0.3, -0.25) is 10.1 Å². The number of rotatable bonds is 4. The van der Waals surface area contributed by atoms with Crippen LogP contribution < -0.4 is 9.47 Å². The highest BCUT2D eigenvalue weighted by Gasteiger charge is 2.16. The first-order chi connectivity index (χ1) is 12.7. The summed E-state index contributed by atoms with van der Waals surface area (Å²) in [6.45, 7) is 2.06. The normalized spacial score (nSPS) is 10.9. The number of fused-ring (bicyclic) bond motifs is 1. The molecule has 130 valence electrons. The van der Waals surface area contributed by atoms with Crippen molar-refractivity contribution in [3.8, 4) is 34.0 Å². The van der Waals surface area contributed by atoms with Crippen LogP contribution in [-0.4, -0.2) is 29.4 Å². The van der Waals surface area contributed by atoms with Gasteiger partial charge >= 0.3 is 0 Å². The van der Waals surface area contributed by atoms with Crippen LogP contribution in [0.2, 0.25) is 0 Å². The summed E-state index contributed by atoms with van der Waals surface area (Å²) < 4.78 is 10.7. The predicted octanol–water partition coefficient (Wildman–Crippen LogP) is 4.62. The number of methoxy groups -OCH3 is 2. The van der Waals surface area contributed by atoms with Crippen molar-refractivity contribution in [1.29, 1.82) is 0 Å². The van der Waals surface area contributed by atoms with Gasteiger partial charge < -0.3 is 9.47 Å². The number of H-pyrrole nitrogens is 1. The largest absolute Gasteiger partial charge is 0.497 e. The van der Waals surface area contributed by atoms with Crippen molar-refractivity contribution in [3.63, 3.8) is 0 Å². The van der Waals surface area contributed by atoms with Crippen LogP contribution in [0.3, 0.4) is 0 Å². The second kappa shape index (κ2) is 6.52. The Hall–Kier alpha value is -3.34. The third-order valence-corrected chi connectivity index (χ3v) is 4.51. The van der Waals surface area contributed by atoms with E-state index in [-0.39, 0.29) is 0 Å². The predicted molar refractivity (Wildman–Crippen MR) is 103 cm³/mol. The summed E-state index contributed by atoms with van der Waals surface area (Å²) in [5.74, 6) is 1.63. The number of pyridine rings is 1. The summed E-state index contributed by atoms with van der Waals surface area (Å²) >= 11 is 0. The minimum absolute atomic E-state index is 0.798. The van der Waals surface area contributed by atoms with Crippen molar-refractivity contribution >= 4 is 10.9 Å². The first kappa shape index (κ1) is 16.1. The fourth-order valence-electron chi connectivity index (χ4n) is 3.18. The Bertz CT molecular complexity index is 1090. The average molecular weight is 345 g/mol. The highest BCUT2D eigenvalue weighted by molar-refractivity contribution is 6.02. The van der Waals surface area contributed by atoms with Crippen molar-refractivity contribution in [2.45, 2.75) is 6.92 Å². The van der Waals surface area contributed by atoms with Gasteiger partial charge in [0, 0.05) is 17.3 Å². The van der Waals surface area contributed by atoms with E-state index in [0.717, 1.165) is 50.5 Å². The Morgan fingerprint density at radius 2 is 1.69 bits per heavy atom. The molecule has 0 aliphatic rings. The molecular weight excluding hydrogens is 326 g/mol. The molecule has 0 unspecified atom stereocenters. The van der Waals surface area contributed by atoms with Crippen molar-refractivity contribution in [3.05, 3.63) is 60.3 Å². The van der Waals surface area contributed by atoms with Gasteiger partial charge in [0.15, 0.2) is 0 Å². The van der Waals surface area contributed by atoms with Gasteiger partial charge in [-0.15, -0.1) is 0 Å². The molecule has 1 N–H and O–H groups in total. The van der Waals surface area contributed by atoms with E-state index >= 15 is 0 Å². The number of nitrogens with zero attached hydrogens (tertiary/aromatic N) is 2. The highest BCUT2D eigenvalue weighted by Crippen LogP contribution is 2.36. The Balaban J connectivity index is 1.95. The number of aryl methyl sites for hydroxylation is 1. The van der Waals surface area contributed by atoms with Crippen LogP contribution in [0.5, 0.6) is 11.5 Å². The fourth-order valence-corrected chi connectivity index (χ4v) is 3.18. The molecule has 0 aliphatic carbocycles. The molecule has 4 aromatic rings.